The molecule has 0 N–H and O–H groups in total. The molecule has 0 atom stereocenters. The van der Waals surface area contributed by atoms with Crippen LogP contribution in [-0.4, -0.2) is 5.97 Å². The standard InChI is InChI=1S/C16H14O2/c17-16(13-10-11-13)18-15-9-5-4-8-14(15)12-6-2-1-3-7-12/h1-9,13H,10-11H2. The molecule has 3 rings (SSSR count). The first-order valence-corrected chi connectivity index (χ1v) is 6.21. The molecule has 1 fully saturated rings. The summed E-state index contributed by atoms with van der Waals surface area (Å²) in [6.07, 6.45) is 1.93. The third-order valence-corrected chi connectivity index (χ3v) is 3.09. The first-order valence-electron chi connectivity index (χ1n) is 6.21. The van der Waals surface area contributed by atoms with Crippen molar-refractivity contribution in [2.45, 2.75) is 12.8 Å². The lowest BCUT2D eigenvalue weighted by Crippen LogP contribution is -2.10. The van der Waals surface area contributed by atoms with Gasteiger partial charge < -0.3 is 4.74 Å². The van der Waals surface area contributed by atoms with Crippen molar-refractivity contribution in [1.29, 1.82) is 0 Å². The van der Waals surface area contributed by atoms with Gasteiger partial charge in [0.05, 0.1) is 5.92 Å². The summed E-state index contributed by atoms with van der Waals surface area (Å²) >= 11 is 0. The number of esters is 1. The van der Waals surface area contributed by atoms with Crippen LogP contribution < -0.4 is 4.74 Å². The quantitative estimate of drug-likeness (QED) is 0.602. The fourth-order valence-electron chi connectivity index (χ4n) is 1.92. The van der Waals surface area contributed by atoms with Crippen molar-refractivity contribution in [3.05, 3.63) is 54.6 Å². The monoisotopic (exact) mass is 238 g/mol. The Bertz CT molecular complexity index is 556. The second-order valence-electron chi connectivity index (χ2n) is 4.56. The third kappa shape index (κ3) is 2.28. The van der Waals surface area contributed by atoms with E-state index in [-0.39, 0.29) is 11.9 Å². The smallest absolute Gasteiger partial charge is 0.314 e. The van der Waals surface area contributed by atoms with E-state index in [1.807, 2.05) is 54.6 Å². The fraction of sp³-hybridized carbons (Fsp3) is 0.188. The van der Waals surface area contributed by atoms with E-state index in [1.165, 1.54) is 0 Å². The van der Waals surface area contributed by atoms with Crippen molar-refractivity contribution in [2.75, 3.05) is 0 Å². The molecule has 2 heteroatoms. The Morgan fingerprint density at radius 2 is 1.61 bits per heavy atom. The molecule has 0 aliphatic heterocycles. The summed E-state index contributed by atoms with van der Waals surface area (Å²) in [5.74, 6) is 0.674. The number of carbonyl (C=O) groups excluding carboxylic acids is 1. The minimum absolute atomic E-state index is 0.0987. The summed E-state index contributed by atoms with van der Waals surface area (Å²) in [6, 6.07) is 17.6. The average molecular weight is 238 g/mol. The molecule has 0 amide bonds. The van der Waals surface area contributed by atoms with Crippen LogP contribution in [0.5, 0.6) is 5.75 Å². The first kappa shape index (κ1) is 11.0. The van der Waals surface area contributed by atoms with Gasteiger partial charge in [0.15, 0.2) is 0 Å². The maximum Gasteiger partial charge on any atom is 0.314 e. The molecule has 0 spiro atoms. The average Bonchev–Trinajstić information content (AvgIpc) is 3.25. The van der Waals surface area contributed by atoms with Crippen molar-refractivity contribution in [2.24, 2.45) is 5.92 Å². The number of ether oxygens (including phenoxy) is 1. The number of carbonyl (C=O) groups is 1. The lowest BCUT2D eigenvalue weighted by Gasteiger charge is -2.09. The van der Waals surface area contributed by atoms with Gasteiger partial charge in [-0.2, -0.15) is 0 Å². The Balaban J connectivity index is 1.92. The zero-order valence-corrected chi connectivity index (χ0v) is 10.0. The Morgan fingerprint density at radius 1 is 0.944 bits per heavy atom. The van der Waals surface area contributed by atoms with Crippen LogP contribution in [0.1, 0.15) is 12.8 Å². The van der Waals surface area contributed by atoms with Crippen molar-refractivity contribution in [3.8, 4) is 16.9 Å². The van der Waals surface area contributed by atoms with Crippen LogP contribution in [0.3, 0.4) is 0 Å². The van der Waals surface area contributed by atoms with Crippen molar-refractivity contribution < 1.29 is 9.53 Å². The lowest BCUT2D eigenvalue weighted by molar-refractivity contribution is -0.135. The van der Waals surface area contributed by atoms with E-state index >= 15 is 0 Å². The van der Waals surface area contributed by atoms with E-state index in [9.17, 15) is 4.79 Å². The Kier molecular flexibility index (Phi) is 2.85. The normalized spacial score (nSPS) is 14.2. The van der Waals surface area contributed by atoms with E-state index in [1.54, 1.807) is 0 Å². The maximum absolute atomic E-state index is 11.7. The van der Waals surface area contributed by atoms with Gasteiger partial charge in [-0.1, -0.05) is 48.5 Å². The van der Waals surface area contributed by atoms with E-state index in [4.69, 9.17) is 4.74 Å². The molecule has 90 valence electrons. The highest BCUT2D eigenvalue weighted by Crippen LogP contribution is 2.34. The number of rotatable bonds is 3. The summed E-state index contributed by atoms with van der Waals surface area (Å²) in [6.45, 7) is 0. The summed E-state index contributed by atoms with van der Waals surface area (Å²) in [5.41, 5.74) is 2.03. The van der Waals surface area contributed by atoms with Crippen LogP contribution in [0.25, 0.3) is 11.1 Å². The topological polar surface area (TPSA) is 26.3 Å². The molecule has 0 radical (unpaired) electrons. The van der Waals surface area contributed by atoms with Crippen LogP contribution in [0, 0.1) is 5.92 Å². The highest BCUT2D eigenvalue weighted by atomic mass is 16.5. The first-order chi connectivity index (χ1) is 8.84. The molecule has 1 aliphatic rings. The van der Waals surface area contributed by atoms with Crippen molar-refractivity contribution in [3.63, 3.8) is 0 Å². The minimum Gasteiger partial charge on any atom is -0.426 e. The second-order valence-corrected chi connectivity index (χ2v) is 4.56. The molecule has 1 aliphatic carbocycles. The molecule has 0 bridgehead atoms. The number of benzene rings is 2. The van der Waals surface area contributed by atoms with Gasteiger partial charge in [-0.05, 0) is 24.5 Å². The van der Waals surface area contributed by atoms with Gasteiger partial charge in [0.2, 0.25) is 0 Å². The molecule has 18 heavy (non-hydrogen) atoms. The highest BCUT2D eigenvalue weighted by Gasteiger charge is 2.32. The van der Waals surface area contributed by atoms with Gasteiger partial charge in [-0.15, -0.1) is 0 Å². The lowest BCUT2D eigenvalue weighted by atomic mass is 10.1. The van der Waals surface area contributed by atoms with Crippen LogP contribution in [0.4, 0.5) is 0 Å². The van der Waals surface area contributed by atoms with Gasteiger partial charge in [0.25, 0.3) is 0 Å². The van der Waals surface area contributed by atoms with Crippen LogP contribution in [0.15, 0.2) is 54.6 Å². The molecular weight excluding hydrogens is 224 g/mol. The third-order valence-electron chi connectivity index (χ3n) is 3.09. The predicted octanol–water partition coefficient (Wildman–Crippen LogP) is 3.67. The molecule has 0 saturated heterocycles. The van der Waals surface area contributed by atoms with Gasteiger partial charge in [0, 0.05) is 5.56 Å². The molecular formula is C16H14O2. The summed E-state index contributed by atoms with van der Waals surface area (Å²) in [4.78, 5) is 11.7. The largest absolute Gasteiger partial charge is 0.426 e. The summed E-state index contributed by atoms with van der Waals surface area (Å²) in [7, 11) is 0. The molecule has 0 aromatic heterocycles. The fourth-order valence-corrected chi connectivity index (χ4v) is 1.92. The Hall–Kier alpha value is -2.09. The predicted molar refractivity (Wildman–Crippen MR) is 70.2 cm³/mol. The molecule has 2 nitrogen and oxygen atoms in total. The zero-order chi connectivity index (χ0) is 12.4. The second kappa shape index (κ2) is 4.65. The van der Waals surface area contributed by atoms with Crippen LogP contribution >= 0.6 is 0 Å². The van der Waals surface area contributed by atoms with Crippen LogP contribution in [0.2, 0.25) is 0 Å². The van der Waals surface area contributed by atoms with E-state index in [0.717, 1.165) is 24.0 Å². The van der Waals surface area contributed by atoms with Crippen molar-refractivity contribution >= 4 is 5.97 Å². The van der Waals surface area contributed by atoms with E-state index in [0.29, 0.717) is 5.75 Å². The molecule has 2 aromatic rings. The molecule has 2 aromatic carbocycles. The van der Waals surface area contributed by atoms with Gasteiger partial charge in [0.1, 0.15) is 5.75 Å². The maximum atomic E-state index is 11.7. The van der Waals surface area contributed by atoms with E-state index < -0.39 is 0 Å². The Morgan fingerprint density at radius 3 is 2.33 bits per heavy atom. The van der Waals surface area contributed by atoms with Gasteiger partial charge in [-0.25, -0.2) is 0 Å². The highest BCUT2D eigenvalue weighted by molar-refractivity contribution is 5.80. The molecule has 1 saturated carbocycles. The van der Waals surface area contributed by atoms with Crippen LogP contribution in [-0.2, 0) is 4.79 Å². The summed E-state index contributed by atoms with van der Waals surface area (Å²) in [5, 5.41) is 0. The molecule has 0 unspecified atom stereocenters. The molecule has 0 heterocycles. The Labute approximate surface area is 106 Å². The van der Waals surface area contributed by atoms with Gasteiger partial charge in [-0.3, -0.25) is 4.79 Å². The van der Waals surface area contributed by atoms with Crippen molar-refractivity contribution in [1.82, 2.24) is 0 Å². The number of hydrogen-bond acceptors (Lipinski definition) is 2. The summed E-state index contributed by atoms with van der Waals surface area (Å²) < 4.78 is 5.48. The minimum atomic E-state index is -0.0987. The number of para-hydroxylation sites is 1. The van der Waals surface area contributed by atoms with E-state index in [2.05, 4.69) is 0 Å². The SMILES string of the molecule is O=C(Oc1ccccc1-c1ccccc1)C1CC1. The zero-order valence-electron chi connectivity index (χ0n) is 10.0. The number of hydrogen-bond donors (Lipinski definition) is 0. The van der Waals surface area contributed by atoms with Gasteiger partial charge >= 0.3 is 5.97 Å².